The summed E-state index contributed by atoms with van der Waals surface area (Å²) >= 11 is 0. The van der Waals surface area contributed by atoms with Gasteiger partial charge in [-0.05, 0) is 54.1 Å². The van der Waals surface area contributed by atoms with Gasteiger partial charge in [0.2, 0.25) is 0 Å². The molecular formula is C22H25N3O3. The topological polar surface area (TPSA) is 71.5 Å². The zero-order valence-corrected chi connectivity index (χ0v) is 16.2. The standard InChI is InChI=1S/C22H25N3O3/c1-16-14-24(15-19-7-4-10-25(19)20-8-12-28-23-20)11-9-22(16,2)18-6-3-5-17(13-18)21(26)27/h3-8,10,12-13,16H,9,11,14-15H2,1-2H3,(H,26,27). The normalized spacial score (nSPS) is 23.0. The molecule has 1 aliphatic rings. The third-order valence-corrected chi connectivity index (χ3v) is 6.23. The average Bonchev–Trinajstić information content (AvgIpc) is 3.36. The largest absolute Gasteiger partial charge is 0.478 e. The zero-order chi connectivity index (χ0) is 19.7. The predicted molar refractivity (Wildman–Crippen MR) is 106 cm³/mol. The van der Waals surface area contributed by atoms with E-state index in [4.69, 9.17) is 4.52 Å². The number of carboxylic acid groups (broad SMARTS) is 1. The first-order chi connectivity index (χ1) is 13.5. The van der Waals surface area contributed by atoms with Crippen molar-refractivity contribution in [2.75, 3.05) is 13.1 Å². The molecule has 0 amide bonds. The van der Waals surface area contributed by atoms with Crippen LogP contribution in [0.5, 0.6) is 0 Å². The number of benzene rings is 1. The first kappa shape index (κ1) is 18.5. The van der Waals surface area contributed by atoms with Crippen molar-refractivity contribution in [3.05, 3.63) is 71.7 Å². The molecule has 1 aromatic carbocycles. The summed E-state index contributed by atoms with van der Waals surface area (Å²) in [5, 5.41) is 13.4. The summed E-state index contributed by atoms with van der Waals surface area (Å²) < 4.78 is 7.03. The molecule has 3 heterocycles. The maximum atomic E-state index is 11.4. The van der Waals surface area contributed by atoms with Gasteiger partial charge in [0, 0.05) is 31.0 Å². The van der Waals surface area contributed by atoms with Crippen LogP contribution in [0.2, 0.25) is 0 Å². The van der Waals surface area contributed by atoms with E-state index in [2.05, 4.69) is 40.6 Å². The summed E-state index contributed by atoms with van der Waals surface area (Å²) in [6, 6.07) is 13.4. The minimum absolute atomic E-state index is 0.0317. The molecule has 6 heteroatoms. The summed E-state index contributed by atoms with van der Waals surface area (Å²) in [5.74, 6) is 0.324. The lowest BCUT2D eigenvalue weighted by Gasteiger charge is -2.45. The summed E-state index contributed by atoms with van der Waals surface area (Å²) in [5.41, 5.74) is 2.62. The molecule has 146 valence electrons. The smallest absolute Gasteiger partial charge is 0.335 e. The summed E-state index contributed by atoms with van der Waals surface area (Å²) in [6.45, 7) is 7.28. The van der Waals surface area contributed by atoms with E-state index in [9.17, 15) is 9.90 Å². The van der Waals surface area contributed by atoms with Crippen LogP contribution in [0, 0.1) is 5.92 Å². The van der Waals surface area contributed by atoms with Gasteiger partial charge in [-0.2, -0.15) is 0 Å². The van der Waals surface area contributed by atoms with E-state index in [1.807, 2.05) is 30.5 Å². The number of carbonyl (C=O) groups is 1. The molecule has 1 aliphatic heterocycles. The quantitative estimate of drug-likeness (QED) is 0.726. The lowest BCUT2D eigenvalue weighted by molar-refractivity contribution is 0.0696. The molecular weight excluding hydrogens is 354 g/mol. The molecule has 0 spiro atoms. The van der Waals surface area contributed by atoms with Crippen LogP contribution in [-0.4, -0.2) is 38.8 Å². The predicted octanol–water partition coefficient (Wildman–Crippen LogP) is 3.96. The monoisotopic (exact) mass is 379 g/mol. The summed E-state index contributed by atoms with van der Waals surface area (Å²) in [6.07, 6.45) is 4.57. The first-order valence-electron chi connectivity index (χ1n) is 9.60. The number of aromatic nitrogens is 2. The van der Waals surface area contributed by atoms with Crippen molar-refractivity contribution in [2.45, 2.75) is 32.2 Å². The van der Waals surface area contributed by atoms with Crippen molar-refractivity contribution in [1.29, 1.82) is 0 Å². The van der Waals surface area contributed by atoms with Gasteiger partial charge < -0.3 is 14.2 Å². The number of nitrogens with zero attached hydrogens (tertiary/aromatic N) is 3. The van der Waals surface area contributed by atoms with Gasteiger partial charge >= 0.3 is 5.97 Å². The lowest BCUT2D eigenvalue weighted by Crippen LogP contribution is -2.47. The van der Waals surface area contributed by atoms with Gasteiger partial charge in [-0.25, -0.2) is 4.79 Å². The molecule has 0 saturated carbocycles. The van der Waals surface area contributed by atoms with Crippen LogP contribution >= 0.6 is 0 Å². The van der Waals surface area contributed by atoms with Crippen LogP contribution in [-0.2, 0) is 12.0 Å². The van der Waals surface area contributed by atoms with Crippen LogP contribution in [0.3, 0.4) is 0 Å². The van der Waals surface area contributed by atoms with E-state index >= 15 is 0 Å². The second-order valence-electron chi connectivity index (χ2n) is 7.92. The number of hydrogen-bond acceptors (Lipinski definition) is 4. The maximum absolute atomic E-state index is 11.4. The Morgan fingerprint density at radius 1 is 1.32 bits per heavy atom. The molecule has 4 rings (SSSR count). The van der Waals surface area contributed by atoms with Crippen molar-refractivity contribution in [3.63, 3.8) is 0 Å². The fourth-order valence-corrected chi connectivity index (χ4v) is 4.22. The molecule has 2 atom stereocenters. The molecule has 6 nitrogen and oxygen atoms in total. The van der Waals surface area contributed by atoms with Gasteiger partial charge in [0.05, 0.1) is 5.56 Å². The van der Waals surface area contributed by atoms with E-state index in [-0.39, 0.29) is 5.41 Å². The van der Waals surface area contributed by atoms with Crippen LogP contribution in [0.1, 0.15) is 41.9 Å². The third kappa shape index (κ3) is 3.36. The van der Waals surface area contributed by atoms with Gasteiger partial charge in [0.1, 0.15) is 6.26 Å². The van der Waals surface area contributed by atoms with Gasteiger partial charge in [-0.1, -0.05) is 31.1 Å². The van der Waals surface area contributed by atoms with Gasteiger partial charge in [-0.3, -0.25) is 4.90 Å². The van der Waals surface area contributed by atoms with Crippen molar-refractivity contribution in [1.82, 2.24) is 14.6 Å². The highest BCUT2D eigenvalue weighted by Gasteiger charge is 2.38. The summed E-state index contributed by atoms with van der Waals surface area (Å²) in [7, 11) is 0. The molecule has 2 unspecified atom stereocenters. The van der Waals surface area contributed by atoms with Crippen molar-refractivity contribution in [3.8, 4) is 5.82 Å². The highest BCUT2D eigenvalue weighted by Crippen LogP contribution is 2.40. The van der Waals surface area contributed by atoms with Crippen LogP contribution < -0.4 is 0 Å². The number of hydrogen-bond donors (Lipinski definition) is 1. The Morgan fingerprint density at radius 3 is 2.89 bits per heavy atom. The molecule has 0 bridgehead atoms. The summed E-state index contributed by atoms with van der Waals surface area (Å²) in [4.78, 5) is 13.8. The Morgan fingerprint density at radius 2 is 2.18 bits per heavy atom. The number of aromatic carboxylic acids is 1. The Kier molecular flexibility index (Phi) is 4.81. The van der Waals surface area contributed by atoms with Crippen LogP contribution in [0.4, 0.5) is 0 Å². The van der Waals surface area contributed by atoms with E-state index in [1.54, 1.807) is 12.3 Å². The van der Waals surface area contributed by atoms with Crippen molar-refractivity contribution in [2.24, 2.45) is 5.92 Å². The number of piperidine rings is 1. The maximum Gasteiger partial charge on any atom is 0.335 e. The zero-order valence-electron chi connectivity index (χ0n) is 16.2. The van der Waals surface area contributed by atoms with E-state index < -0.39 is 5.97 Å². The Hall–Kier alpha value is -2.86. The Bertz CT molecular complexity index is 963. The number of carboxylic acids is 1. The Balaban J connectivity index is 1.50. The molecule has 1 saturated heterocycles. The number of rotatable bonds is 5. The van der Waals surface area contributed by atoms with E-state index in [0.717, 1.165) is 37.4 Å². The SMILES string of the molecule is CC1CN(Cc2cccn2-c2ccon2)CCC1(C)c1cccc(C(=O)O)c1. The Labute approximate surface area is 164 Å². The fourth-order valence-electron chi connectivity index (χ4n) is 4.22. The molecule has 2 aromatic heterocycles. The highest BCUT2D eigenvalue weighted by atomic mass is 16.5. The molecule has 3 aromatic rings. The fraction of sp³-hybridized carbons (Fsp3) is 0.364. The van der Waals surface area contributed by atoms with Gasteiger partial charge in [0.15, 0.2) is 5.82 Å². The van der Waals surface area contributed by atoms with Crippen LogP contribution in [0.15, 0.2) is 59.4 Å². The van der Waals surface area contributed by atoms with Gasteiger partial charge in [0.25, 0.3) is 0 Å². The first-order valence-corrected chi connectivity index (χ1v) is 9.60. The van der Waals surface area contributed by atoms with Crippen molar-refractivity contribution >= 4 is 5.97 Å². The molecule has 1 fully saturated rings. The van der Waals surface area contributed by atoms with E-state index in [0.29, 0.717) is 11.5 Å². The molecule has 28 heavy (non-hydrogen) atoms. The second-order valence-corrected chi connectivity index (χ2v) is 7.92. The van der Waals surface area contributed by atoms with E-state index in [1.165, 1.54) is 5.69 Å². The minimum Gasteiger partial charge on any atom is -0.478 e. The van der Waals surface area contributed by atoms with Gasteiger partial charge in [-0.15, -0.1) is 0 Å². The lowest BCUT2D eigenvalue weighted by atomic mass is 9.68. The average molecular weight is 379 g/mol. The molecule has 1 N–H and O–H groups in total. The van der Waals surface area contributed by atoms with Crippen LogP contribution in [0.25, 0.3) is 5.82 Å². The molecule has 0 radical (unpaired) electrons. The minimum atomic E-state index is -0.871. The third-order valence-electron chi connectivity index (χ3n) is 6.23. The van der Waals surface area contributed by atoms with Crippen molar-refractivity contribution < 1.29 is 14.4 Å². The molecule has 0 aliphatic carbocycles. The number of likely N-dealkylation sites (tertiary alicyclic amines) is 1. The second kappa shape index (κ2) is 7.28. The highest BCUT2D eigenvalue weighted by molar-refractivity contribution is 5.87.